The van der Waals surface area contributed by atoms with Crippen molar-refractivity contribution in [2.45, 2.75) is 19.0 Å². The number of allylic oxidation sites excluding steroid dienone is 1. The topological polar surface area (TPSA) is 88.5 Å². The molecule has 3 heterocycles. The van der Waals surface area contributed by atoms with E-state index in [0.717, 1.165) is 5.56 Å². The number of imide groups is 1. The number of anilines is 1. The Bertz CT molecular complexity index is 1200. The van der Waals surface area contributed by atoms with E-state index in [1.165, 1.54) is 19.1 Å². The second-order valence-electron chi connectivity index (χ2n) is 8.30. The number of ether oxygens (including phenoxy) is 2. The van der Waals surface area contributed by atoms with Crippen molar-refractivity contribution in [1.29, 1.82) is 0 Å². The Morgan fingerprint density at radius 2 is 1.64 bits per heavy atom. The smallest absolute Gasteiger partial charge is 0.240 e. The van der Waals surface area contributed by atoms with Gasteiger partial charge >= 0.3 is 0 Å². The highest BCUT2D eigenvalue weighted by molar-refractivity contribution is 6.24. The summed E-state index contributed by atoms with van der Waals surface area (Å²) in [5.74, 6) is -1.63. The molecule has 5 rings (SSSR count). The van der Waals surface area contributed by atoms with Crippen LogP contribution in [0.1, 0.15) is 15.9 Å². The van der Waals surface area contributed by atoms with Gasteiger partial charge in [0.2, 0.25) is 11.8 Å². The maximum atomic E-state index is 13.7. The molecule has 2 fully saturated rings. The SMILES string of the molecule is COc1ccc(C(=O)C2C3C(=O)N(c4ccc(C)cc4)C(=O)C3C3C=CC=NN32)cc1OC. The zero-order chi connectivity index (χ0) is 23.3. The number of hydrazone groups is 1. The summed E-state index contributed by atoms with van der Waals surface area (Å²) in [5, 5.41) is 5.97. The zero-order valence-electron chi connectivity index (χ0n) is 18.5. The van der Waals surface area contributed by atoms with Crippen LogP contribution < -0.4 is 14.4 Å². The Labute approximate surface area is 191 Å². The summed E-state index contributed by atoms with van der Waals surface area (Å²) in [5.41, 5.74) is 1.89. The second kappa shape index (κ2) is 7.88. The van der Waals surface area contributed by atoms with Crippen molar-refractivity contribution >= 4 is 29.5 Å². The third-order valence-electron chi connectivity index (χ3n) is 6.52. The fourth-order valence-corrected chi connectivity index (χ4v) is 4.95. The molecule has 0 aromatic heterocycles. The summed E-state index contributed by atoms with van der Waals surface area (Å²) in [6.45, 7) is 1.94. The molecule has 3 aliphatic heterocycles. The van der Waals surface area contributed by atoms with Crippen LogP contribution in [0.5, 0.6) is 11.5 Å². The van der Waals surface area contributed by atoms with Gasteiger partial charge in [-0.2, -0.15) is 5.10 Å². The molecular weight excluding hydrogens is 422 g/mol. The maximum absolute atomic E-state index is 13.7. The Balaban J connectivity index is 1.56. The van der Waals surface area contributed by atoms with Crippen LogP contribution in [0, 0.1) is 18.8 Å². The number of rotatable bonds is 5. The number of methoxy groups -OCH3 is 2. The van der Waals surface area contributed by atoms with Crippen LogP contribution in [0.3, 0.4) is 0 Å². The molecule has 0 radical (unpaired) electrons. The number of nitrogens with zero attached hydrogens (tertiary/aromatic N) is 3. The standard InChI is InChI=1S/C25H23N3O5/c1-14-6-9-16(10-7-14)27-24(30)20-17-5-4-12-26-28(17)22(21(20)25(27)31)23(29)15-8-11-18(32-2)19(13-15)33-3/h4-13,17,20-22H,1-3H3. The first-order valence-electron chi connectivity index (χ1n) is 10.7. The van der Waals surface area contributed by atoms with E-state index in [4.69, 9.17) is 9.47 Å². The molecule has 4 unspecified atom stereocenters. The molecule has 8 nitrogen and oxygen atoms in total. The van der Waals surface area contributed by atoms with Crippen LogP contribution in [0.25, 0.3) is 0 Å². The lowest BCUT2D eigenvalue weighted by atomic mass is 9.86. The molecule has 0 saturated carbocycles. The molecule has 2 saturated heterocycles. The van der Waals surface area contributed by atoms with E-state index in [1.807, 2.05) is 25.1 Å². The average molecular weight is 445 g/mol. The molecule has 33 heavy (non-hydrogen) atoms. The molecule has 0 N–H and O–H groups in total. The second-order valence-corrected chi connectivity index (χ2v) is 8.30. The van der Waals surface area contributed by atoms with E-state index in [0.29, 0.717) is 22.7 Å². The third-order valence-corrected chi connectivity index (χ3v) is 6.52. The quantitative estimate of drug-likeness (QED) is 0.519. The lowest BCUT2D eigenvalue weighted by Gasteiger charge is -2.30. The monoisotopic (exact) mass is 445 g/mol. The van der Waals surface area contributed by atoms with Crippen molar-refractivity contribution in [3.63, 3.8) is 0 Å². The molecule has 2 aromatic rings. The Kier molecular flexibility index (Phi) is 5.00. The van der Waals surface area contributed by atoms with E-state index < -0.39 is 23.9 Å². The summed E-state index contributed by atoms with van der Waals surface area (Å²) in [7, 11) is 3.01. The average Bonchev–Trinajstić information content (AvgIpc) is 3.31. The summed E-state index contributed by atoms with van der Waals surface area (Å²) < 4.78 is 10.6. The van der Waals surface area contributed by atoms with Gasteiger partial charge < -0.3 is 9.47 Å². The Hall–Kier alpha value is -3.94. The lowest BCUT2D eigenvalue weighted by molar-refractivity contribution is -0.123. The van der Waals surface area contributed by atoms with E-state index in [1.54, 1.807) is 47.6 Å². The molecule has 8 heteroatoms. The molecule has 2 amide bonds. The van der Waals surface area contributed by atoms with Crippen molar-refractivity contribution in [2.24, 2.45) is 16.9 Å². The van der Waals surface area contributed by atoms with Crippen LogP contribution in [-0.4, -0.2) is 55.1 Å². The van der Waals surface area contributed by atoms with Crippen LogP contribution in [0.4, 0.5) is 5.69 Å². The number of aryl methyl sites for hydroxylation is 1. The summed E-state index contributed by atoms with van der Waals surface area (Å²) in [6, 6.07) is 10.7. The molecular formula is C25H23N3O5. The molecule has 0 spiro atoms. The number of hydrogen-bond acceptors (Lipinski definition) is 7. The maximum Gasteiger partial charge on any atom is 0.240 e. The predicted octanol–water partition coefficient (Wildman–Crippen LogP) is 2.61. The number of carbonyl (C=O) groups is 3. The van der Waals surface area contributed by atoms with E-state index in [-0.39, 0.29) is 17.6 Å². The highest BCUT2D eigenvalue weighted by Gasteiger charge is 2.64. The van der Waals surface area contributed by atoms with E-state index in [9.17, 15) is 14.4 Å². The van der Waals surface area contributed by atoms with Crippen LogP contribution >= 0.6 is 0 Å². The molecule has 3 aliphatic rings. The van der Waals surface area contributed by atoms with Gasteiger partial charge in [-0.15, -0.1) is 0 Å². The fraction of sp³-hybridized carbons (Fsp3) is 0.280. The Morgan fingerprint density at radius 1 is 0.939 bits per heavy atom. The minimum Gasteiger partial charge on any atom is -0.493 e. The number of ketones is 1. The van der Waals surface area contributed by atoms with Crippen molar-refractivity contribution in [1.82, 2.24) is 5.01 Å². The number of fused-ring (bicyclic) bond motifs is 3. The van der Waals surface area contributed by atoms with Crippen molar-refractivity contribution < 1.29 is 23.9 Å². The van der Waals surface area contributed by atoms with Gasteiger partial charge in [0.05, 0.1) is 37.8 Å². The van der Waals surface area contributed by atoms with Crippen LogP contribution in [0.15, 0.2) is 59.7 Å². The first kappa shape index (κ1) is 20.9. The van der Waals surface area contributed by atoms with Crippen LogP contribution in [-0.2, 0) is 9.59 Å². The third kappa shape index (κ3) is 3.13. The van der Waals surface area contributed by atoms with Crippen molar-refractivity contribution in [2.75, 3.05) is 19.1 Å². The first-order valence-corrected chi connectivity index (χ1v) is 10.7. The largest absolute Gasteiger partial charge is 0.493 e. The van der Waals surface area contributed by atoms with Gasteiger partial charge in [-0.3, -0.25) is 19.4 Å². The van der Waals surface area contributed by atoms with Gasteiger partial charge in [-0.05, 0) is 43.3 Å². The minimum atomic E-state index is -0.911. The van der Waals surface area contributed by atoms with E-state index >= 15 is 0 Å². The molecule has 0 bridgehead atoms. The number of hydrogen-bond donors (Lipinski definition) is 0. The van der Waals surface area contributed by atoms with Gasteiger partial charge in [0.15, 0.2) is 17.3 Å². The van der Waals surface area contributed by atoms with Gasteiger partial charge in [-0.1, -0.05) is 23.8 Å². The highest BCUT2D eigenvalue weighted by Crippen LogP contribution is 2.46. The summed E-state index contributed by atoms with van der Waals surface area (Å²) >= 11 is 0. The van der Waals surface area contributed by atoms with Crippen LogP contribution in [0.2, 0.25) is 0 Å². The number of benzene rings is 2. The predicted molar refractivity (Wildman–Crippen MR) is 122 cm³/mol. The molecule has 4 atom stereocenters. The normalized spacial score (nSPS) is 25.3. The number of carbonyl (C=O) groups excluding carboxylic acids is 3. The first-order chi connectivity index (χ1) is 16.0. The summed E-state index contributed by atoms with van der Waals surface area (Å²) in [4.78, 5) is 42.0. The van der Waals surface area contributed by atoms with Crippen molar-refractivity contribution in [3.8, 4) is 11.5 Å². The summed E-state index contributed by atoms with van der Waals surface area (Å²) in [6.07, 6.45) is 5.14. The van der Waals surface area contributed by atoms with Gasteiger partial charge in [0.1, 0.15) is 6.04 Å². The van der Waals surface area contributed by atoms with Crippen molar-refractivity contribution in [3.05, 3.63) is 65.7 Å². The van der Waals surface area contributed by atoms with E-state index in [2.05, 4.69) is 5.10 Å². The zero-order valence-corrected chi connectivity index (χ0v) is 18.5. The highest BCUT2D eigenvalue weighted by atomic mass is 16.5. The molecule has 2 aromatic carbocycles. The molecule has 0 aliphatic carbocycles. The van der Waals surface area contributed by atoms with Gasteiger partial charge in [0, 0.05) is 11.8 Å². The van der Waals surface area contributed by atoms with Gasteiger partial charge in [0.25, 0.3) is 0 Å². The number of Topliss-reactive ketones (excluding diaryl/α,β-unsaturated/α-hetero) is 1. The Morgan fingerprint density at radius 3 is 2.33 bits per heavy atom. The number of amides is 2. The fourth-order valence-electron chi connectivity index (χ4n) is 4.95. The molecule has 168 valence electrons. The lowest BCUT2D eigenvalue weighted by Crippen LogP contribution is -2.46. The minimum absolute atomic E-state index is 0.298. The van der Waals surface area contributed by atoms with Gasteiger partial charge in [-0.25, -0.2) is 4.90 Å².